The molecule has 1 aliphatic carbocycles. The van der Waals surface area contributed by atoms with Gasteiger partial charge in [-0.15, -0.1) is 0 Å². The molecule has 2 unspecified atom stereocenters. The van der Waals surface area contributed by atoms with Crippen LogP contribution in [0.4, 0.5) is 19.2 Å². The number of nitrogens with zero attached hydrogens (tertiary/aromatic N) is 1. The molecule has 24 heteroatoms. The van der Waals surface area contributed by atoms with Gasteiger partial charge in [-0.1, -0.05) is 0 Å². The van der Waals surface area contributed by atoms with E-state index in [9.17, 15) is 39.3 Å². The van der Waals surface area contributed by atoms with E-state index in [0.717, 1.165) is 0 Å². The molecule has 3 aliphatic heterocycles. The molecule has 4 fully saturated rings. The molecule has 5 amide bonds. The molecule has 0 spiro atoms. The van der Waals surface area contributed by atoms with Gasteiger partial charge >= 0.3 is 24.4 Å². The van der Waals surface area contributed by atoms with E-state index < -0.39 is 143 Å². The lowest BCUT2D eigenvalue weighted by Gasteiger charge is -2.49. The summed E-state index contributed by atoms with van der Waals surface area (Å²) in [7, 11) is 1.53. The van der Waals surface area contributed by atoms with Gasteiger partial charge in [0, 0.05) is 13.1 Å². The molecule has 0 radical (unpaired) electrons. The molecule has 3 heterocycles. The summed E-state index contributed by atoms with van der Waals surface area (Å²) in [6, 6.07) is -5.45. The average Bonchev–Trinajstić information content (AvgIpc) is 3.46. The van der Waals surface area contributed by atoms with Crippen molar-refractivity contribution < 1.29 is 81.9 Å². The Morgan fingerprint density at radius 1 is 0.700 bits per heavy atom. The molecule has 1 saturated carbocycles. The molecule has 0 aromatic heterocycles. The third-order valence-electron chi connectivity index (χ3n) is 11.5. The number of ether oxygens (including phenoxy) is 9. The van der Waals surface area contributed by atoms with Crippen LogP contribution in [0.2, 0.25) is 0 Å². The predicted molar refractivity (Wildman–Crippen MR) is 250 cm³/mol. The highest BCUT2D eigenvalue weighted by Crippen LogP contribution is 2.37. The van der Waals surface area contributed by atoms with Gasteiger partial charge in [-0.25, -0.2) is 19.2 Å². The zero-order chi connectivity index (χ0) is 53.1. The lowest BCUT2D eigenvalue weighted by molar-refractivity contribution is -0.309. The quantitative estimate of drug-likeness (QED) is 0.125. The van der Waals surface area contributed by atoms with Crippen molar-refractivity contribution in [2.75, 3.05) is 26.7 Å². The summed E-state index contributed by atoms with van der Waals surface area (Å²) in [6.07, 6.45) is -14.3. The fourth-order valence-electron chi connectivity index (χ4n) is 8.78. The van der Waals surface area contributed by atoms with Crippen molar-refractivity contribution in [2.45, 2.75) is 236 Å². The molecule has 4 rings (SSSR count). The zero-order valence-corrected chi connectivity index (χ0v) is 43.8. The van der Waals surface area contributed by atoms with Crippen molar-refractivity contribution in [2.24, 2.45) is 5.73 Å². The number of hydrogen-bond acceptors (Lipinski definition) is 19. The standard InChI is InChI=1S/C46H83N7O17/c1-41(2,3)67-37(57)49-21-23-17-18-24(51-38(58)68-42(4,5)6)35(63-23)64-31-26(52-39(59)69-43(7,8)9)19-25(30(28(31)54)65-36-29(55)33(48-16)46(15,61)22-62-36)50-34(56)32-27(20-47)53(45(13,14)66-32)40(60)70-44(10,11)12/h23-33,35-36,48,54-55,61H,17-22,47H2,1-16H3,(H,49,57)(H,50,56)(H,51,58)(H,52,59)/t23-,24+,25+,26-,27?,28-,29+,30-,31+,32?,33+,35+,36+,46-/m0/s1. The molecule has 24 nitrogen and oxygen atoms in total. The minimum atomic E-state index is -1.83. The van der Waals surface area contributed by atoms with Crippen molar-refractivity contribution in [3.8, 4) is 0 Å². The highest BCUT2D eigenvalue weighted by Gasteiger charge is 2.57. The number of amides is 5. The molecule has 14 atom stereocenters. The number of aliphatic hydroxyl groups excluding tert-OH is 2. The van der Waals surface area contributed by atoms with Gasteiger partial charge in [0.15, 0.2) is 18.7 Å². The third kappa shape index (κ3) is 16.3. The van der Waals surface area contributed by atoms with E-state index in [1.165, 1.54) is 18.9 Å². The van der Waals surface area contributed by atoms with Crippen molar-refractivity contribution in [3.63, 3.8) is 0 Å². The molecule has 10 N–H and O–H groups in total. The maximum Gasteiger partial charge on any atom is 0.412 e. The number of aliphatic hydroxyl groups is 3. The summed E-state index contributed by atoms with van der Waals surface area (Å²) >= 11 is 0. The Balaban J connectivity index is 1.78. The van der Waals surface area contributed by atoms with Crippen LogP contribution in [0.1, 0.15) is 123 Å². The van der Waals surface area contributed by atoms with Crippen LogP contribution in [-0.4, -0.2) is 190 Å². The Labute approximate surface area is 411 Å². The number of hydrogen-bond donors (Lipinski definition) is 9. The number of carbonyl (C=O) groups is 5. The van der Waals surface area contributed by atoms with Gasteiger partial charge in [-0.2, -0.15) is 0 Å². The Morgan fingerprint density at radius 2 is 1.20 bits per heavy atom. The topological polar surface area (TPSA) is 319 Å². The number of likely N-dealkylation sites (N-methyl/N-ethyl adjacent to an activating group) is 1. The van der Waals surface area contributed by atoms with E-state index in [0.29, 0.717) is 6.42 Å². The Kier molecular flexibility index (Phi) is 18.9. The van der Waals surface area contributed by atoms with Crippen LogP contribution in [0.5, 0.6) is 0 Å². The fraction of sp³-hybridized carbons (Fsp3) is 0.891. The summed E-state index contributed by atoms with van der Waals surface area (Å²) in [5, 5.41) is 49.3. The van der Waals surface area contributed by atoms with Crippen LogP contribution in [0.25, 0.3) is 0 Å². The van der Waals surface area contributed by atoms with E-state index >= 15 is 0 Å². The Bertz CT molecular complexity index is 1810. The SMILES string of the molecule is CN[C@@H]1[C@@H](O)[C@@H](O[C@@H]2[C@H](O)[C@H](O[C@H]3O[C@H](CNC(=O)OC(C)(C)C)CC[C@H]3NC(=O)OC(C)(C)C)[C@@H](NC(=O)OC(C)(C)C)C[C@H]2NC(=O)C2OC(C)(C)N(C(=O)OC(C)(C)C)C2CN)OC[C@]1(C)O. The maximum atomic E-state index is 14.6. The second-order valence-corrected chi connectivity index (χ2v) is 23.1. The van der Waals surface area contributed by atoms with Crippen LogP contribution < -0.4 is 32.3 Å². The van der Waals surface area contributed by atoms with Crippen LogP contribution >= 0.6 is 0 Å². The first kappa shape index (κ1) is 58.7. The molecule has 0 bridgehead atoms. The normalized spacial score (nSPS) is 33.9. The second kappa shape index (κ2) is 22.5. The summed E-state index contributed by atoms with van der Waals surface area (Å²) in [4.78, 5) is 69.0. The van der Waals surface area contributed by atoms with Gasteiger partial charge < -0.3 is 90.3 Å². The first-order valence-electron chi connectivity index (χ1n) is 23.9. The number of nitrogens with two attached hydrogens (primary N) is 1. The van der Waals surface area contributed by atoms with Crippen molar-refractivity contribution in [1.82, 2.24) is 31.5 Å². The lowest BCUT2D eigenvalue weighted by Crippen LogP contribution is -2.70. The van der Waals surface area contributed by atoms with Crippen LogP contribution in [0.15, 0.2) is 0 Å². The molecular formula is C46H83N7O17. The van der Waals surface area contributed by atoms with E-state index in [1.54, 1.807) is 96.9 Å². The summed E-state index contributed by atoms with van der Waals surface area (Å²) in [5.74, 6) is -0.783. The number of nitrogens with one attached hydrogen (secondary N) is 5. The highest BCUT2D eigenvalue weighted by molar-refractivity contribution is 5.84. The third-order valence-corrected chi connectivity index (χ3v) is 11.5. The Hall–Kier alpha value is -3.85. The van der Waals surface area contributed by atoms with Crippen LogP contribution in [0, 0.1) is 0 Å². The molecular weight excluding hydrogens is 923 g/mol. The molecule has 404 valence electrons. The van der Waals surface area contributed by atoms with Crippen LogP contribution in [0.3, 0.4) is 0 Å². The van der Waals surface area contributed by atoms with E-state index in [2.05, 4.69) is 26.6 Å². The molecule has 0 aromatic rings. The Morgan fingerprint density at radius 3 is 1.71 bits per heavy atom. The van der Waals surface area contributed by atoms with Crippen molar-refractivity contribution in [1.29, 1.82) is 0 Å². The van der Waals surface area contributed by atoms with Crippen molar-refractivity contribution in [3.05, 3.63) is 0 Å². The number of alkyl carbamates (subject to hydrolysis) is 3. The number of carbonyl (C=O) groups excluding carboxylic acids is 5. The van der Waals surface area contributed by atoms with Gasteiger partial charge in [-0.05, 0) is 130 Å². The molecule has 4 aliphatic rings. The zero-order valence-electron chi connectivity index (χ0n) is 43.8. The minimum absolute atomic E-state index is 0.0386. The summed E-state index contributed by atoms with van der Waals surface area (Å²) < 4.78 is 53.8. The van der Waals surface area contributed by atoms with Gasteiger partial charge in [0.2, 0.25) is 0 Å². The first-order chi connectivity index (χ1) is 31.9. The fourth-order valence-corrected chi connectivity index (χ4v) is 8.78. The van der Waals surface area contributed by atoms with E-state index in [1.807, 2.05) is 0 Å². The van der Waals surface area contributed by atoms with Gasteiger partial charge in [-0.3, -0.25) is 9.69 Å². The van der Waals surface area contributed by atoms with Gasteiger partial charge in [0.25, 0.3) is 5.91 Å². The maximum absolute atomic E-state index is 14.6. The van der Waals surface area contributed by atoms with Gasteiger partial charge in [0.05, 0.1) is 42.9 Å². The second-order valence-electron chi connectivity index (χ2n) is 23.1. The van der Waals surface area contributed by atoms with Crippen molar-refractivity contribution >= 4 is 30.3 Å². The van der Waals surface area contributed by atoms with Gasteiger partial charge in [0.1, 0.15) is 58.1 Å². The monoisotopic (exact) mass is 1010 g/mol. The molecule has 70 heavy (non-hydrogen) atoms. The minimum Gasteiger partial charge on any atom is -0.444 e. The van der Waals surface area contributed by atoms with E-state index in [-0.39, 0.29) is 32.5 Å². The predicted octanol–water partition coefficient (Wildman–Crippen LogP) is 1.58. The van der Waals surface area contributed by atoms with Crippen LogP contribution in [-0.2, 0) is 47.4 Å². The molecule has 0 aromatic carbocycles. The summed E-state index contributed by atoms with van der Waals surface area (Å²) in [5.41, 5.74) is -0.285. The van der Waals surface area contributed by atoms with E-state index in [4.69, 9.17) is 48.4 Å². The average molecular weight is 1010 g/mol. The smallest absolute Gasteiger partial charge is 0.412 e. The number of rotatable bonds is 12. The first-order valence-corrected chi connectivity index (χ1v) is 23.9. The lowest BCUT2D eigenvalue weighted by atomic mass is 9.82. The summed E-state index contributed by atoms with van der Waals surface area (Å²) in [6.45, 7) is 24.3. The molecule has 3 saturated heterocycles. The highest BCUT2D eigenvalue weighted by atomic mass is 16.7. The largest absolute Gasteiger partial charge is 0.444 e.